The van der Waals surface area contributed by atoms with Gasteiger partial charge in [0.1, 0.15) is 5.75 Å². The van der Waals surface area contributed by atoms with Gasteiger partial charge in [-0.3, -0.25) is 0 Å². The van der Waals surface area contributed by atoms with E-state index in [2.05, 4.69) is 32.4 Å². The van der Waals surface area contributed by atoms with Crippen molar-refractivity contribution in [1.29, 1.82) is 0 Å². The predicted octanol–water partition coefficient (Wildman–Crippen LogP) is 3.34. The summed E-state index contributed by atoms with van der Waals surface area (Å²) in [6.45, 7) is 2.99. The molecular formula is C12H13BrN2O. The molecular weight excluding hydrogens is 268 g/mol. The molecule has 3 nitrogen and oxygen atoms in total. The molecule has 0 saturated heterocycles. The van der Waals surface area contributed by atoms with Gasteiger partial charge in [0, 0.05) is 12.1 Å². The number of aromatic nitrogens is 2. The quantitative estimate of drug-likeness (QED) is 0.862. The third-order valence-electron chi connectivity index (χ3n) is 2.51. The minimum atomic E-state index is 0.862. The zero-order chi connectivity index (χ0) is 11.5. The number of ether oxygens (including phenoxy) is 1. The summed E-state index contributed by atoms with van der Waals surface area (Å²) >= 11 is 3.43. The van der Waals surface area contributed by atoms with Crippen molar-refractivity contribution in [2.24, 2.45) is 0 Å². The van der Waals surface area contributed by atoms with Crippen molar-refractivity contribution in [3.8, 4) is 17.0 Å². The highest BCUT2D eigenvalue weighted by Gasteiger charge is 2.07. The predicted molar refractivity (Wildman–Crippen MR) is 67.6 cm³/mol. The lowest BCUT2D eigenvalue weighted by molar-refractivity contribution is 0.415. The van der Waals surface area contributed by atoms with E-state index in [4.69, 9.17) is 4.74 Å². The molecule has 0 bridgehead atoms. The van der Waals surface area contributed by atoms with Crippen LogP contribution in [0.3, 0.4) is 0 Å². The van der Waals surface area contributed by atoms with Gasteiger partial charge in [0.2, 0.25) is 0 Å². The van der Waals surface area contributed by atoms with Crippen molar-refractivity contribution in [2.45, 2.75) is 13.5 Å². The maximum absolute atomic E-state index is 5.14. The maximum atomic E-state index is 5.14. The highest BCUT2D eigenvalue weighted by molar-refractivity contribution is 9.10. The van der Waals surface area contributed by atoms with Gasteiger partial charge < -0.3 is 9.30 Å². The Balaban J connectivity index is 2.42. The van der Waals surface area contributed by atoms with Crippen molar-refractivity contribution in [3.63, 3.8) is 0 Å². The first-order valence-corrected chi connectivity index (χ1v) is 5.91. The molecule has 0 aliphatic rings. The summed E-state index contributed by atoms with van der Waals surface area (Å²) in [6.07, 6.45) is 1.87. The molecule has 2 rings (SSSR count). The van der Waals surface area contributed by atoms with Crippen molar-refractivity contribution in [1.82, 2.24) is 9.55 Å². The first kappa shape index (κ1) is 11.2. The molecule has 0 N–H and O–H groups in total. The number of methoxy groups -OCH3 is 1. The Morgan fingerprint density at radius 2 is 2.00 bits per heavy atom. The molecule has 0 fully saturated rings. The minimum absolute atomic E-state index is 0.862. The summed E-state index contributed by atoms with van der Waals surface area (Å²) in [4.78, 5) is 4.25. The van der Waals surface area contributed by atoms with Gasteiger partial charge >= 0.3 is 0 Å². The second-order valence-corrected chi connectivity index (χ2v) is 4.09. The molecule has 1 heterocycles. The van der Waals surface area contributed by atoms with Crippen LogP contribution in [0.25, 0.3) is 11.3 Å². The van der Waals surface area contributed by atoms with Crippen molar-refractivity contribution in [3.05, 3.63) is 35.2 Å². The molecule has 0 amide bonds. The largest absolute Gasteiger partial charge is 0.497 e. The first-order valence-electron chi connectivity index (χ1n) is 5.11. The standard InChI is InChI=1S/C12H13BrN2O/c1-3-15-11(8-14-12(15)13)9-4-6-10(16-2)7-5-9/h4-8H,3H2,1-2H3. The molecule has 0 radical (unpaired) electrons. The number of hydrogen-bond acceptors (Lipinski definition) is 2. The number of halogens is 1. The average molecular weight is 281 g/mol. The maximum Gasteiger partial charge on any atom is 0.177 e. The number of imidazole rings is 1. The molecule has 0 aliphatic carbocycles. The lowest BCUT2D eigenvalue weighted by Crippen LogP contribution is -1.97. The Hall–Kier alpha value is -1.29. The monoisotopic (exact) mass is 280 g/mol. The molecule has 0 aliphatic heterocycles. The minimum Gasteiger partial charge on any atom is -0.497 e. The Labute approximate surface area is 103 Å². The van der Waals surface area contributed by atoms with Crippen molar-refractivity contribution >= 4 is 15.9 Å². The number of rotatable bonds is 3. The van der Waals surface area contributed by atoms with Gasteiger partial charge in [0.05, 0.1) is 19.0 Å². The van der Waals surface area contributed by atoms with Crippen LogP contribution in [-0.4, -0.2) is 16.7 Å². The SMILES string of the molecule is CCn1c(-c2ccc(OC)cc2)cnc1Br. The molecule has 0 atom stereocenters. The van der Waals surface area contributed by atoms with Crippen molar-refractivity contribution < 1.29 is 4.74 Å². The second-order valence-electron chi connectivity index (χ2n) is 3.39. The van der Waals surface area contributed by atoms with E-state index in [1.54, 1.807) is 7.11 Å². The van der Waals surface area contributed by atoms with Gasteiger partial charge in [0.25, 0.3) is 0 Å². The summed E-state index contributed by atoms with van der Waals surface area (Å²) < 4.78 is 8.11. The van der Waals surface area contributed by atoms with Gasteiger partial charge in [-0.2, -0.15) is 0 Å². The van der Waals surface area contributed by atoms with E-state index >= 15 is 0 Å². The van der Waals surface area contributed by atoms with Gasteiger partial charge in [-0.25, -0.2) is 4.98 Å². The molecule has 16 heavy (non-hydrogen) atoms. The van der Waals surface area contributed by atoms with Crippen LogP contribution in [0.4, 0.5) is 0 Å². The van der Waals surface area contributed by atoms with Gasteiger partial charge in [-0.1, -0.05) is 0 Å². The van der Waals surface area contributed by atoms with E-state index in [9.17, 15) is 0 Å². The smallest absolute Gasteiger partial charge is 0.177 e. The highest BCUT2D eigenvalue weighted by atomic mass is 79.9. The van der Waals surface area contributed by atoms with Gasteiger partial charge in [-0.15, -0.1) is 0 Å². The van der Waals surface area contributed by atoms with Crippen LogP contribution in [0.5, 0.6) is 5.75 Å². The summed E-state index contributed by atoms with van der Waals surface area (Å²) in [5, 5.41) is 0. The van der Waals surface area contributed by atoms with Gasteiger partial charge in [0.15, 0.2) is 4.73 Å². The fourth-order valence-corrected chi connectivity index (χ4v) is 2.19. The van der Waals surface area contributed by atoms with E-state index in [1.807, 2.05) is 30.5 Å². The van der Waals surface area contributed by atoms with Crippen LogP contribution in [0, 0.1) is 0 Å². The van der Waals surface area contributed by atoms with E-state index in [-0.39, 0.29) is 0 Å². The summed E-state index contributed by atoms with van der Waals surface area (Å²) in [5.41, 5.74) is 2.25. The summed E-state index contributed by atoms with van der Waals surface area (Å²) in [6, 6.07) is 7.98. The van der Waals surface area contributed by atoms with Crippen LogP contribution in [0.15, 0.2) is 35.2 Å². The number of nitrogens with zero attached hydrogens (tertiary/aromatic N) is 2. The summed E-state index contributed by atoms with van der Waals surface area (Å²) in [5.74, 6) is 0.866. The average Bonchev–Trinajstić information content (AvgIpc) is 2.70. The molecule has 1 aromatic heterocycles. The molecule has 0 spiro atoms. The molecule has 84 valence electrons. The number of hydrogen-bond donors (Lipinski definition) is 0. The Morgan fingerprint density at radius 3 is 2.56 bits per heavy atom. The fraction of sp³-hybridized carbons (Fsp3) is 0.250. The topological polar surface area (TPSA) is 27.1 Å². The third-order valence-corrected chi connectivity index (χ3v) is 3.14. The Kier molecular flexibility index (Phi) is 3.29. The third kappa shape index (κ3) is 1.97. The molecule has 0 saturated carbocycles. The van der Waals surface area contributed by atoms with E-state index < -0.39 is 0 Å². The zero-order valence-corrected chi connectivity index (χ0v) is 10.9. The van der Waals surface area contributed by atoms with E-state index in [0.717, 1.165) is 28.3 Å². The normalized spacial score (nSPS) is 10.4. The van der Waals surface area contributed by atoms with Crippen LogP contribution >= 0.6 is 15.9 Å². The molecule has 2 aromatic rings. The highest BCUT2D eigenvalue weighted by Crippen LogP contribution is 2.25. The lowest BCUT2D eigenvalue weighted by Gasteiger charge is -2.07. The van der Waals surface area contributed by atoms with Crippen LogP contribution in [0.1, 0.15) is 6.92 Å². The van der Waals surface area contributed by atoms with E-state index in [1.165, 1.54) is 0 Å². The van der Waals surface area contributed by atoms with Crippen molar-refractivity contribution in [2.75, 3.05) is 7.11 Å². The van der Waals surface area contributed by atoms with Crippen LogP contribution in [-0.2, 0) is 6.54 Å². The summed E-state index contributed by atoms with van der Waals surface area (Å²) in [7, 11) is 1.67. The Bertz CT molecular complexity index is 476. The van der Waals surface area contributed by atoms with Crippen LogP contribution < -0.4 is 4.74 Å². The first-order chi connectivity index (χ1) is 7.76. The van der Waals surface area contributed by atoms with E-state index in [0.29, 0.717) is 0 Å². The lowest BCUT2D eigenvalue weighted by atomic mass is 10.1. The molecule has 4 heteroatoms. The van der Waals surface area contributed by atoms with Gasteiger partial charge in [-0.05, 0) is 47.1 Å². The molecule has 1 aromatic carbocycles. The van der Waals surface area contributed by atoms with Crippen LogP contribution in [0.2, 0.25) is 0 Å². The zero-order valence-electron chi connectivity index (χ0n) is 9.27. The fourth-order valence-electron chi connectivity index (χ4n) is 1.65. The number of benzene rings is 1. The Morgan fingerprint density at radius 1 is 1.31 bits per heavy atom. The second kappa shape index (κ2) is 4.70. The molecule has 0 unspecified atom stereocenters.